The largest absolute Gasteiger partial charge is 0.319 e. The molecule has 0 saturated heterocycles. The lowest BCUT2D eigenvalue weighted by Gasteiger charge is -2.15. The Morgan fingerprint density at radius 1 is 1.26 bits per heavy atom. The molecule has 96 valence electrons. The molecule has 19 heavy (non-hydrogen) atoms. The number of nitrogens with two attached hydrogens (primary N) is 1. The van der Waals surface area contributed by atoms with Gasteiger partial charge in [-0.2, -0.15) is 5.10 Å². The van der Waals surface area contributed by atoms with Crippen LogP contribution in [0.5, 0.6) is 0 Å². The van der Waals surface area contributed by atoms with E-state index in [0.717, 1.165) is 26.6 Å². The van der Waals surface area contributed by atoms with Gasteiger partial charge < -0.3 is 5.73 Å². The van der Waals surface area contributed by atoms with Crippen LogP contribution in [0.15, 0.2) is 47.2 Å². The highest BCUT2D eigenvalue weighted by Gasteiger charge is 2.18. The summed E-state index contributed by atoms with van der Waals surface area (Å²) in [4.78, 5) is 4.36. The minimum Gasteiger partial charge on any atom is -0.319 e. The SMILES string of the molecule is Cn1ncc(Br)c1C(N)c1cccc2ncccc12. The molecule has 4 nitrogen and oxygen atoms in total. The average molecular weight is 317 g/mol. The molecule has 0 bridgehead atoms. The molecule has 5 heteroatoms. The lowest BCUT2D eigenvalue weighted by Crippen LogP contribution is -2.17. The van der Waals surface area contributed by atoms with Crippen LogP contribution in [0.2, 0.25) is 0 Å². The molecule has 0 aliphatic rings. The van der Waals surface area contributed by atoms with Crippen molar-refractivity contribution >= 4 is 26.8 Å². The Kier molecular flexibility index (Phi) is 3.08. The van der Waals surface area contributed by atoms with Crippen LogP contribution in [0.4, 0.5) is 0 Å². The molecule has 2 aromatic heterocycles. The van der Waals surface area contributed by atoms with E-state index in [9.17, 15) is 0 Å². The Balaban J connectivity index is 2.20. The van der Waals surface area contributed by atoms with Gasteiger partial charge >= 0.3 is 0 Å². The van der Waals surface area contributed by atoms with Crippen molar-refractivity contribution in [3.63, 3.8) is 0 Å². The Bertz CT molecular complexity index is 710. The second-order valence-electron chi connectivity index (χ2n) is 4.40. The highest BCUT2D eigenvalue weighted by atomic mass is 79.9. The van der Waals surface area contributed by atoms with Crippen LogP contribution in [-0.4, -0.2) is 14.8 Å². The molecule has 1 atom stereocenters. The zero-order valence-electron chi connectivity index (χ0n) is 10.4. The number of nitrogens with zero attached hydrogens (tertiary/aromatic N) is 3. The zero-order valence-corrected chi connectivity index (χ0v) is 12.0. The second-order valence-corrected chi connectivity index (χ2v) is 5.25. The van der Waals surface area contributed by atoms with Crippen LogP contribution < -0.4 is 5.73 Å². The number of aromatic nitrogens is 3. The fourth-order valence-corrected chi connectivity index (χ4v) is 2.91. The Morgan fingerprint density at radius 3 is 2.84 bits per heavy atom. The van der Waals surface area contributed by atoms with Crippen molar-refractivity contribution < 1.29 is 0 Å². The van der Waals surface area contributed by atoms with Crippen molar-refractivity contribution in [2.45, 2.75) is 6.04 Å². The summed E-state index contributed by atoms with van der Waals surface area (Å²) in [7, 11) is 1.89. The van der Waals surface area contributed by atoms with E-state index >= 15 is 0 Å². The second kappa shape index (κ2) is 4.75. The van der Waals surface area contributed by atoms with Crippen molar-refractivity contribution in [1.29, 1.82) is 0 Å². The molecule has 1 unspecified atom stereocenters. The number of hydrogen-bond donors (Lipinski definition) is 1. The van der Waals surface area contributed by atoms with Gasteiger partial charge in [0.05, 0.1) is 27.9 Å². The van der Waals surface area contributed by atoms with Crippen LogP contribution in [-0.2, 0) is 7.05 Å². The summed E-state index contributed by atoms with van der Waals surface area (Å²) in [5, 5.41) is 5.29. The molecule has 3 aromatic rings. The molecular formula is C14H13BrN4. The molecule has 2 heterocycles. The first-order valence-corrected chi connectivity index (χ1v) is 6.74. The van der Waals surface area contributed by atoms with Gasteiger partial charge in [0.15, 0.2) is 0 Å². The fourth-order valence-electron chi connectivity index (χ4n) is 2.32. The van der Waals surface area contributed by atoms with Crippen LogP contribution in [0, 0.1) is 0 Å². The molecule has 0 amide bonds. The highest BCUT2D eigenvalue weighted by molar-refractivity contribution is 9.10. The van der Waals surface area contributed by atoms with Gasteiger partial charge in [-0.25, -0.2) is 0 Å². The van der Waals surface area contributed by atoms with Gasteiger partial charge in [0, 0.05) is 18.6 Å². The first kappa shape index (κ1) is 12.3. The first-order chi connectivity index (χ1) is 9.18. The van der Waals surface area contributed by atoms with Crippen molar-refractivity contribution in [2.24, 2.45) is 12.8 Å². The molecule has 3 rings (SSSR count). The van der Waals surface area contributed by atoms with Crippen molar-refractivity contribution in [2.75, 3.05) is 0 Å². The van der Waals surface area contributed by atoms with Gasteiger partial charge in [-0.15, -0.1) is 0 Å². The van der Waals surface area contributed by atoms with Crippen molar-refractivity contribution in [3.8, 4) is 0 Å². The minimum atomic E-state index is -0.241. The van der Waals surface area contributed by atoms with E-state index in [-0.39, 0.29) is 6.04 Å². The maximum absolute atomic E-state index is 6.41. The number of aryl methyl sites for hydroxylation is 1. The number of pyridine rings is 1. The summed E-state index contributed by atoms with van der Waals surface area (Å²) in [6, 6.07) is 9.74. The van der Waals surface area contributed by atoms with E-state index in [1.807, 2.05) is 37.4 Å². The molecule has 0 spiro atoms. The standard InChI is InChI=1S/C14H13BrN4/c1-19-14(11(15)8-18-19)13(16)10-4-2-6-12-9(10)5-3-7-17-12/h2-8,13H,16H2,1H3. The summed E-state index contributed by atoms with van der Waals surface area (Å²) in [6.45, 7) is 0. The van der Waals surface area contributed by atoms with Crippen LogP contribution >= 0.6 is 15.9 Å². The van der Waals surface area contributed by atoms with E-state index < -0.39 is 0 Å². The molecule has 1 aromatic carbocycles. The minimum absolute atomic E-state index is 0.241. The van der Waals surface area contributed by atoms with E-state index in [1.54, 1.807) is 17.1 Å². The van der Waals surface area contributed by atoms with Gasteiger partial charge in [0.25, 0.3) is 0 Å². The van der Waals surface area contributed by atoms with E-state index in [1.165, 1.54) is 0 Å². The summed E-state index contributed by atoms with van der Waals surface area (Å²) >= 11 is 3.50. The molecule has 0 aliphatic carbocycles. The average Bonchev–Trinajstić information content (AvgIpc) is 2.77. The first-order valence-electron chi connectivity index (χ1n) is 5.95. The van der Waals surface area contributed by atoms with Crippen molar-refractivity contribution in [3.05, 3.63) is 58.5 Å². The topological polar surface area (TPSA) is 56.7 Å². The molecule has 0 fully saturated rings. The van der Waals surface area contributed by atoms with Crippen LogP contribution in [0.1, 0.15) is 17.3 Å². The number of hydrogen-bond acceptors (Lipinski definition) is 3. The Labute approximate surface area is 119 Å². The van der Waals surface area contributed by atoms with Crippen LogP contribution in [0.25, 0.3) is 10.9 Å². The maximum atomic E-state index is 6.41. The Morgan fingerprint density at radius 2 is 2.11 bits per heavy atom. The fraction of sp³-hybridized carbons (Fsp3) is 0.143. The molecule has 0 saturated carbocycles. The predicted molar refractivity (Wildman–Crippen MR) is 78.7 cm³/mol. The van der Waals surface area contributed by atoms with Gasteiger partial charge in [-0.3, -0.25) is 9.67 Å². The molecule has 0 radical (unpaired) electrons. The normalized spacial score (nSPS) is 12.8. The third-order valence-electron chi connectivity index (χ3n) is 3.25. The summed E-state index contributed by atoms with van der Waals surface area (Å²) in [5.74, 6) is 0. The van der Waals surface area contributed by atoms with Crippen molar-refractivity contribution in [1.82, 2.24) is 14.8 Å². The monoisotopic (exact) mass is 316 g/mol. The molecular weight excluding hydrogens is 304 g/mol. The van der Waals surface area contributed by atoms with Gasteiger partial charge in [0.1, 0.15) is 0 Å². The van der Waals surface area contributed by atoms with Gasteiger partial charge in [0.2, 0.25) is 0 Å². The van der Waals surface area contributed by atoms with E-state index in [0.29, 0.717) is 0 Å². The third kappa shape index (κ3) is 2.05. The molecule has 2 N–H and O–H groups in total. The lowest BCUT2D eigenvalue weighted by atomic mass is 9.99. The zero-order chi connectivity index (χ0) is 13.4. The predicted octanol–water partition coefficient (Wildman–Crippen LogP) is 2.78. The third-order valence-corrected chi connectivity index (χ3v) is 3.86. The highest BCUT2D eigenvalue weighted by Crippen LogP contribution is 2.30. The Hall–Kier alpha value is -1.72. The summed E-state index contributed by atoms with van der Waals surface area (Å²) < 4.78 is 2.72. The van der Waals surface area contributed by atoms with E-state index in [2.05, 4.69) is 26.0 Å². The van der Waals surface area contributed by atoms with Crippen LogP contribution in [0.3, 0.4) is 0 Å². The quantitative estimate of drug-likeness (QED) is 0.791. The number of fused-ring (bicyclic) bond motifs is 1. The smallest absolute Gasteiger partial charge is 0.0741 e. The summed E-state index contributed by atoms with van der Waals surface area (Å²) in [6.07, 6.45) is 3.55. The number of halogens is 1. The van der Waals surface area contributed by atoms with E-state index in [4.69, 9.17) is 5.73 Å². The van der Waals surface area contributed by atoms with Gasteiger partial charge in [-0.1, -0.05) is 18.2 Å². The number of benzene rings is 1. The lowest BCUT2D eigenvalue weighted by molar-refractivity contribution is 0.673. The number of rotatable bonds is 2. The maximum Gasteiger partial charge on any atom is 0.0741 e. The van der Waals surface area contributed by atoms with Gasteiger partial charge in [-0.05, 0) is 33.6 Å². The summed E-state index contributed by atoms with van der Waals surface area (Å²) in [5.41, 5.74) is 9.37. The molecule has 0 aliphatic heterocycles.